The standard InChI is InChI=1S/C27H31N7O/c1-28-20-9-11-21(12-10-20)29-26(35)23(17-19-7-3-2-4-8-19)31-24-18-25(34-15-5-6-16-34)33-27(32-24)30-22-13-14-22/h5-6,9-12,15-16,18-19,22-23H,2-4,7-8,13-14,17H2,(H,29,35)(H2,30,31,32,33). The first kappa shape index (κ1) is 22.9. The largest absolute Gasteiger partial charge is 0.358 e. The van der Waals surface area contributed by atoms with E-state index in [1.807, 2.05) is 35.2 Å². The van der Waals surface area contributed by atoms with Crippen molar-refractivity contribution in [2.45, 2.75) is 63.5 Å². The first-order valence-corrected chi connectivity index (χ1v) is 12.5. The van der Waals surface area contributed by atoms with Crippen LogP contribution in [0.15, 0.2) is 54.9 Å². The lowest BCUT2D eigenvalue weighted by Crippen LogP contribution is -2.37. The number of anilines is 3. The molecule has 1 atom stereocenters. The fraction of sp³-hybridized carbons (Fsp3) is 0.407. The minimum Gasteiger partial charge on any atom is -0.358 e. The van der Waals surface area contributed by atoms with E-state index < -0.39 is 6.04 Å². The second kappa shape index (κ2) is 10.6. The molecule has 2 aromatic heterocycles. The molecule has 8 nitrogen and oxygen atoms in total. The number of aromatic nitrogens is 3. The molecule has 180 valence electrons. The van der Waals surface area contributed by atoms with E-state index in [-0.39, 0.29) is 5.91 Å². The van der Waals surface area contributed by atoms with Crippen molar-refractivity contribution >= 4 is 29.0 Å². The van der Waals surface area contributed by atoms with Gasteiger partial charge in [0, 0.05) is 30.2 Å². The number of rotatable bonds is 9. The van der Waals surface area contributed by atoms with Crippen LogP contribution in [0.5, 0.6) is 0 Å². The molecule has 1 unspecified atom stereocenters. The molecule has 5 rings (SSSR count). The topological polar surface area (TPSA) is 88.2 Å². The highest BCUT2D eigenvalue weighted by molar-refractivity contribution is 5.96. The van der Waals surface area contributed by atoms with Gasteiger partial charge in [0.25, 0.3) is 0 Å². The van der Waals surface area contributed by atoms with Crippen molar-refractivity contribution in [3.05, 3.63) is 66.3 Å². The van der Waals surface area contributed by atoms with Crippen LogP contribution in [0.3, 0.4) is 0 Å². The summed E-state index contributed by atoms with van der Waals surface area (Å²) in [6, 6.07) is 12.8. The Kier molecular flexibility index (Phi) is 6.94. The third kappa shape index (κ3) is 6.18. The average molecular weight is 470 g/mol. The molecule has 0 bridgehead atoms. The van der Waals surface area contributed by atoms with Gasteiger partial charge in [0.1, 0.15) is 17.7 Å². The van der Waals surface area contributed by atoms with Crippen molar-refractivity contribution in [2.75, 3.05) is 16.0 Å². The highest BCUT2D eigenvalue weighted by atomic mass is 16.2. The van der Waals surface area contributed by atoms with Crippen LogP contribution in [0.4, 0.5) is 23.1 Å². The molecule has 3 N–H and O–H groups in total. The van der Waals surface area contributed by atoms with Crippen molar-refractivity contribution in [3.8, 4) is 5.82 Å². The Morgan fingerprint density at radius 1 is 1.06 bits per heavy atom. The van der Waals surface area contributed by atoms with Crippen LogP contribution in [0.1, 0.15) is 51.4 Å². The second-order valence-electron chi connectivity index (χ2n) is 9.53. The predicted molar refractivity (Wildman–Crippen MR) is 138 cm³/mol. The smallest absolute Gasteiger partial charge is 0.246 e. The summed E-state index contributed by atoms with van der Waals surface area (Å²) in [4.78, 5) is 26.2. The number of carbonyl (C=O) groups is 1. The van der Waals surface area contributed by atoms with E-state index in [2.05, 4.69) is 25.8 Å². The third-order valence-electron chi connectivity index (χ3n) is 6.69. The number of benzene rings is 1. The fourth-order valence-electron chi connectivity index (χ4n) is 4.62. The Bertz CT molecular complexity index is 1170. The molecule has 0 aliphatic heterocycles. The molecule has 35 heavy (non-hydrogen) atoms. The molecule has 2 heterocycles. The van der Waals surface area contributed by atoms with Crippen molar-refractivity contribution < 1.29 is 4.79 Å². The lowest BCUT2D eigenvalue weighted by molar-refractivity contribution is -0.117. The number of amides is 1. The normalized spacial score (nSPS) is 16.8. The predicted octanol–water partition coefficient (Wildman–Crippen LogP) is 5.78. The Morgan fingerprint density at radius 2 is 1.80 bits per heavy atom. The summed E-state index contributed by atoms with van der Waals surface area (Å²) < 4.78 is 1.94. The minimum absolute atomic E-state index is 0.0936. The Morgan fingerprint density at radius 3 is 2.49 bits per heavy atom. The van der Waals surface area contributed by atoms with E-state index in [0.717, 1.165) is 37.9 Å². The zero-order valence-corrected chi connectivity index (χ0v) is 19.8. The van der Waals surface area contributed by atoms with Crippen LogP contribution in [-0.4, -0.2) is 32.5 Å². The van der Waals surface area contributed by atoms with Crippen LogP contribution in [0.2, 0.25) is 0 Å². The van der Waals surface area contributed by atoms with Gasteiger partial charge in [-0.1, -0.05) is 44.2 Å². The van der Waals surface area contributed by atoms with Gasteiger partial charge in [-0.05, 0) is 49.4 Å². The van der Waals surface area contributed by atoms with Crippen molar-refractivity contribution in [2.24, 2.45) is 5.92 Å². The highest BCUT2D eigenvalue weighted by Gasteiger charge is 2.26. The lowest BCUT2D eigenvalue weighted by Gasteiger charge is -2.27. The first-order valence-electron chi connectivity index (χ1n) is 12.5. The first-order chi connectivity index (χ1) is 17.2. The lowest BCUT2D eigenvalue weighted by atomic mass is 9.84. The van der Waals surface area contributed by atoms with Crippen molar-refractivity contribution in [1.29, 1.82) is 0 Å². The molecular weight excluding hydrogens is 438 g/mol. The van der Waals surface area contributed by atoms with Gasteiger partial charge < -0.3 is 20.5 Å². The summed E-state index contributed by atoms with van der Waals surface area (Å²) in [5, 5.41) is 9.87. The SMILES string of the molecule is [C-]#[N+]c1ccc(NC(=O)C(CC2CCCCC2)Nc2cc(-n3cccc3)nc(NC3CC3)n2)cc1. The second-order valence-corrected chi connectivity index (χ2v) is 9.53. The molecule has 2 aliphatic carbocycles. The molecule has 2 fully saturated rings. The summed E-state index contributed by atoms with van der Waals surface area (Å²) in [6.45, 7) is 7.13. The minimum atomic E-state index is -0.431. The summed E-state index contributed by atoms with van der Waals surface area (Å²) in [7, 11) is 0. The molecule has 2 saturated carbocycles. The molecular formula is C27H31N7O. The third-order valence-corrected chi connectivity index (χ3v) is 6.69. The van der Waals surface area contributed by atoms with Crippen molar-refractivity contribution in [3.63, 3.8) is 0 Å². The maximum Gasteiger partial charge on any atom is 0.246 e. The number of nitrogens with one attached hydrogen (secondary N) is 3. The zero-order chi connectivity index (χ0) is 24.0. The fourth-order valence-corrected chi connectivity index (χ4v) is 4.62. The van der Waals surface area contributed by atoms with E-state index in [4.69, 9.17) is 11.6 Å². The van der Waals surface area contributed by atoms with Crippen molar-refractivity contribution in [1.82, 2.24) is 14.5 Å². The summed E-state index contributed by atoms with van der Waals surface area (Å²) in [5.41, 5.74) is 1.23. The van der Waals surface area contributed by atoms with Gasteiger partial charge in [0.2, 0.25) is 11.9 Å². The van der Waals surface area contributed by atoms with E-state index in [1.54, 1.807) is 24.3 Å². The van der Waals surface area contributed by atoms with Gasteiger partial charge in [0.15, 0.2) is 5.69 Å². The summed E-state index contributed by atoms with van der Waals surface area (Å²) >= 11 is 0. The van der Waals surface area contributed by atoms with E-state index in [9.17, 15) is 4.79 Å². The highest BCUT2D eigenvalue weighted by Crippen LogP contribution is 2.29. The summed E-state index contributed by atoms with van der Waals surface area (Å²) in [6.07, 6.45) is 12.9. The monoisotopic (exact) mass is 469 g/mol. The molecule has 8 heteroatoms. The Hall–Kier alpha value is -3.86. The Balaban J connectivity index is 1.38. The number of nitrogens with zero attached hydrogens (tertiary/aromatic N) is 4. The van der Waals surface area contributed by atoms with Crippen LogP contribution in [0, 0.1) is 12.5 Å². The molecule has 1 aromatic carbocycles. The molecule has 1 amide bonds. The Labute approximate surface area is 206 Å². The quantitative estimate of drug-likeness (QED) is 0.346. The van der Waals surface area contributed by atoms with Crippen LogP contribution in [0.25, 0.3) is 10.7 Å². The van der Waals surface area contributed by atoms with Gasteiger partial charge in [-0.25, -0.2) is 4.85 Å². The zero-order valence-electron chi connectivity index (χ0n) is 19.8. The average Bonchev–Trinajstić information content (AvgIpc) is 3.51. The number of hydrogen-bond donors (Lipinski definition) is 3. The van der Waals surface area contributed by atoms with Crippen LogP contribution in [-0.2, 0) is 4.79 Å². The van der Waals surface area contributed by atoms with E-state index in [1.165, 1.54) is 19.3 Å². The van der Waals surface area contributed by atoms with Gasteiger partial charge in [-0.3, -0.25) is 4.79 Å². The van der Waals surface area contributed by atoms with Gasteiger partial charge in [0.05, 0.1) is 6.57 Å². The van der Waals surface area contributed by atoms with Crippen LogP contribution < -0.4 is 16.0 Å². The maximum atomic E-state index is 13.4. The molecule has 3 aromatic rings. The molecule has 0 saturated heterocycles. The maximum absolute atomic E-state index is 13.4. The summed E-state index contributed by atoms with van der Waals surface area (Å²) in [5.74, 6) is 2.37. The van der Waals surface area contributed by atoms with Gasteiger partial charge in [-0.2, -0.15) is 9.97 Å². The van der Waals surface area contributed by atoms with E-state index in [0.29, 0.717) is 35.1 Å². The van der Waals surface area contributed by atoms with Gasteiger partial charge in [-0.15, -0.1) is 0 Å². The molecule has 2 aliphatic rings. The van der Waals surface area contributed by atoms with E-state index >= 15 is 0 Å². The number of hydrogen-bond acceptors (Lipinski definition) is 5. The molecule has 0 spiro atoms. The van der Waals surface area contributed by atoms with Gasteiger partial charge >= 0.3 is 0 Å². The number of carbonyl (C=O) groups excluding carboxylic acids is 1. The molecule has 0 radical (unpaired) electrons. The van der Waals surface area contributed by atoms with Crippen LogP contribution >= 0.6 is 0 Å².